The van der Waals surface area contributed by atoms with Crippen LogP contribution in [-0.2, 0) is 4.74 Å². The van der Waals surface area contributed by atoms with Crippen LogP contribution in [0.4, 0.5) is 0 Å². The van der Waals surface area contributed by atoms with Gasteiger partial charge in [-0.15, -0.1) is 11.3 Å². The minimum absolute atomic E-state index is 0.0141. The van der Waals surface area contributed by atoms with Crippen LogP contribution in [0.5, 0.6) is 0 Å². The van der Waals surface area contributed by atoms with Gasteiger partial charge in [-0.1, -0.05) is 0 Å². The van der Waals surface area contributed by atoms with Gasteiger partial charge in [0.1, 0.15) is 4.88 Å². The van der Waals surface area contributed by atoms with Gasteiger partial charge in [0.15, 0.2) is 0 Å². The molecule has 1 fully saturated rings. The zero-order valence-electron chi connectivity index (χ0n) is 10.9. The molecule has 18 heavy (non-hydrogen) atoms. The van der Waals surface area contributed by atoms with E-state index in [-0.39, 0.29) is 24.1 Å². The van der Waals surface area contributed by atoms with Crippen molar-refractivity contribution in [2.75, 3.05) is 6.61 Å². The molecule has 1 aromatic rings. The molecular formula is C12H19N3O2S. The lowest BCUT2D eigenvalue weighted by Crippen LogP contribution is -2.64. The third kappa shape index (κ3) is 2.55. The van der Waals surface area contributed by atoms with Crippen molar-refractivity contribution in [1.29, 1.82) is 0 Å². The van der Waals surface area contributed by atoms with Crippen LogP contribution >= 0.6 is 11.3 Å². The molecular weight excluding hydrogens is 250 g/mol. The average molecular weight is 269 g/mol. The molecule has 100 valence electrons. The largest absolute Gasteiger partial charge is 0.376 e. The van der Waals surface area contributed by atoms with Gasteiger partial charge >= 0.3 is 0 Å². The Labute approximate surface area is 111 Å². The van der Waals surface area contributed by atoms with Gasteiger partial charge in [-0.2, -0.15) is 0 Å². The Hall–Kier alpha value is -0.980. The molecule has 0 bridgehead atoms. The van der Waals surface area contributed by atoms with Crippen molar-refractivity contribution in [2.45, 2.75) is 45.4 Å². The quantitative estimate of drug-likeness (QED) is 0.854. The highest BCUT2D eigenvalue weighted by atomic mass is 32.1. The van der Waals surface area contributed by atoms with Crippen LogP contribution in [0.3, 0.4) is 0 Å². The van der Waals surface area contributed by atoms with Crippen molar-refractivity contribution in [3.63, 3.8) is 0 Å². The van der Waals surface area contributed by atoms with E-state index in [2.05, 4.69) is 10.3 Å². The summed E-state index contributed by atoms with van der Waals surface area (Å²) in [6.45, 7) is 6.33. The Morgan fingerprint density at radius 3 is 2.83 bits per heavy atom. The van der Waals surface area contributed by atoms with E-state index in [1.165, 1.54) is 11.3 Å². The molecule has 0 radical (unpaired) electrons. The molecule has 1 heterocycles. The fourth-order valence-electron chi connectivity index (χ4n) is 2.19. The minimum atomic E-state index is -0.0945. The fraction of sp³-hybridized carbons (Fsp3) is 0.667. The first-order chi connectivity index (χ1) is 8.52. The smallest absolute Gasteiger partial charge is 0.263 e. The number of aryl methyl sites for hydroxylation is 2. The van der Waals surface area contributed by atoms with Crippen LogP contribution in [0, 0.1) is 13.8 Å². The van der Waals surface area contributed by atoms with Crippen molar-refractivity contribution >= 4 is 17.2 Å². The van der Waals surface area contributed by atoms with E-state index in [4.69, 9.17) is 10.5 Å². The zero-order chi connectivity index (χ0) is 13.3. The molecule has 3 unspecified atom stereocenters. The van der Waals surface area contributed by atoms with Crippen molar-refractivity contribution in [2.24, 2.45) is 5.73 Å². The molecule has 0 aliphatic heterocycles. The summed E-state index contributed by atoms with van der Waals surface area (Å²) in [6, 6.07) is -0.0981. The highest BCUT2D eigenvalue weighted by Gasteiger charge is 2.40. The monoisotopic (exact) mass is 269 g/mol. The Kier molecular flexibility index (Phi) is 3.99. The van der Waals surface area contributed by atoms with E-state index in [0.717, 1.165) is 17.1 Å². The summed E-state index contributed by atoms with van der Waals surface area (Å²) < 4.78 is 5.53. The Morgan fingerprint density at radius 1 is 1.61 bits per heavy atom. The number of nitrogens with zero attached hydrogens (tertiary/aromatic N) is 1. The second-order valence-electron chi connectivity index (χ2n) is 4.54. The molecule has 0 aromatic carbocycles. The maximum atomic E-state index is 12.1. The van der Waals surface area contributed by atoms with E-state index in [0.29, 0.717) is 11.5 Å². The van der Waals surface area contributed by atoms with Gasteiger partial charge in [0, 0.05) is 12.6 Å². The highest BCUT2D eigenvalue weighted by molar-refractivity contribution is 7.13. The van der Waals surface area contributed by atoms with E-state index in [9.17, 15) is 4.79 Å². The van der Waals surface area contributed by atoms with Gasteiger partial charge in [-0.05, 0) is 27.2 Å². The molecule has 3 N–H and O–H groups in total. The van der Waals surface area contributed by atoms with Crippen molar-refractivity contribution in [3.05, 3.63) is 15.6 Å². The molecule has 0 saturated heterocycles. The normalized spacial score (nSPS) is 26.8. The lowest BCUT2D eigenvalue weighted by molar-refractivity contribution is -0.0299. The third-order valence-corrected chi connectivity index (χ3v) is 4.23. The molecule has 1 saturated carbocycles. The predicted octanol–water partition coefficient (Wildman–Crippen LogP) is 0.994. The molecule has 1 aliphatic carbocycles. The van der Waals surface area contributed by atoms with Crippen LogP contribution in [0.1, 0.15) is 33.7 Å². The van der Waals surface area contributed by atoms with E-state index in [1.807, 2.05) is 20.8 Å². The van der Waals surface area contributed by atoms with Crippen LogP contribution in [0.25, 0.3) is 0 Å². The van der Waals surface area contributed by atoms with Crippen molar-refractivity contribution in [3.8, 4) is 0 Å². The number of ether oxygens (including phenoxy) is 1. The number of thiazole rings is 1. The first-order valence-electron chi connectivity index (χ1n) is 6.15. The van der Waals surface area contributed by atoms with Gasteiger partial charge in [-0.25, -0.2) is 4.98 Å². The van der Waals surface area contributed by atoms with Crippen LogP contribution < -0.4 is 11.1 Å². The van der Waals surface area contributed by atoms with Crippen LogP contribution in [0.2, 0.25) is 0 Å². The summed E-state index contributed by atoms with van der Waals surface area (Å²) in [7, 11) is 0. The SMILES string of the molecule is CCOC1CC(N)C1NC(=O)c1sc(C)nc1C. The molecule has 1 aromatic heterocycles. The lowest BCUT2D eigenvalue weighted by Gasteiger charge is -2.42. The van der Waals surface area contributed by atoms with Gasteiger partial charge in [0.25, 0.3) is 5.91 Å². The second-order valence-corrected chi connectivity index (χ2v) is 5.74. The molecule has 6 heteroatoms. The van der Waals surface area contributed by atoms with E-state index < -0.39 is 0 Å². The molecule has 1 amide bonds. The predicted molar refractivity (Wildman–Crippen MR) is 70.8 cm³/mol. The third-order valence-electron chi connectivity index (χ3n) is 3.15. The maximum Gasteiger partial charge on any atom is 0.263 e. The van der Waals surface area contributed by atoms with E-state index >= 15 is 0 Å². The number of nitrogens with one attached hydrogen (secondary N) is 1. The lowest BCUT2D eigenvalue weighted by atomic mass is 9.83. The van der Waals surface area contributed by atoms with Gasteiger partial charge < -0.3 is 15.8 Å². The summed E-state index contributed by atoms with van der Waals surface area (Å²) in [4.78, 5) is 17.0. The molecule has 0 spiro atoms. The number of aromatic nitrogens is 1. The van der Waals surface area contributed by atoms with Crippen LogP contribution in [-0.4, -0.2) is 35.7 Å². The van der Waals surface area contributed by atoms with Crippen molar-refractivity contribution < 1.29 is 9.53 Å². The maximum absolute atomic E-state index is 12.1. The Bertz CT molecular complexity index is 445. The van der Waals surface area contributed by atoms with Gasteiger partial charge in [-0.3, -0.25) is 4.79 Å². The molecule has 2 rings (SSSR count). The Balaban J connectivity index is 2.01. The summed E-state index contributed by atoms with van der Waals surface area (Å²) in [5.41, 5.74) is 6.68. The van der Waals surface area contributed by atoms with E-state index in [1.54, 1.807) is 0 Å². The first kappa shape index (κ1) is 13.5. The number of nitrogens with two attached hydrogens (primary N) is 1. The summed E-state index contributed by atoms with van der Waals surface area (Å²) in [5, 5.41) is 3.85. The summed E-state index contributed by atoms with van der Waals surface area (Å²) in [5.74, 6) is -0.0945. The average Bonchev–Trinajstić information content (AvgIpc) is 2.65. The highest BCUT2D eigenvalue weighted by Crippen LogP contribution is 2.24. The fourth-order valence-corrected chi connectivity index (χ4v) is 3.01. The molecule has 5 nitrogen and oxygen atoms in total. The second kappa shape index (κ2) is 5.34. The van der Waals surface area contributed by atoms with Gasteiger partial charge in [0.05, 0.1) is 22.8 Å². The molecule has 1 aliphatic rings. The standard InChI is InChI=1S/C12H19N3O2S/c1-4-17-9-5-8(13)10(9)15-12(16)11-6(2)14-7(3)18-11/h8-10H,4-5,13H2,1-3H3,(H,15,16). The number of hydrogen-bond acceptors (Lipinski definition) is 5. The number of rotatable bonds is 4. The minimum Gasteiger partial charge on any atom is -0.376 e. The van der Waals surface area contributed by atoms with Crippen LogP contribution in [0.15, 0.2) is 0 Å². The number of carbonyl (C=O) groups excluding carboxylic acids is 1. The number of carbonyl (C=O) groups is 1. The number of amides is 1. The zero-order valence-corrected chi connectivity index (χ0v) is 11.7. The topological polar surface area (TPSA) is 77.2 Å². The number of hydrogen-bond donors (Lipinski definition) is 2. The van der Waals surface area contributed by atoms with Crippen molar-refractivity contribution in [1.82, 2.24) is 10.3 Å². The first-order valence-corrected chi connectivity index (χ1v) is 6.96. The molecule has 3 atom stereocenters. The summed E-state index contributed by atoms with van der Waals surface area (Å²) >= 11 is 1.41. The summed E-state index contributed by atoms with van der Waals surface area (Å²) in [6.07, 6.45) is 0.850. The Morgan fingerprint density at radius 2 is 2.33 bits per heavy atom. The van der Waals surface area contributed by atoms with Gasteiger partial charge in [0.2, 0.25) is 0 Å².